The molecule has 4 atom stereocenters. The third-order valence-corrected chi connectivity index (χ3v) is 7.01. The maximum Gasteiger partial charge on any atom is 0.233 e. The summed E-state index contributed by atoms with van der Waals surface area (Å²) >= 11 is 0. The van der Waals surface area contributed by atoms with Gasteiger partial charge in [-0.3, -0.25) is 19.5 Å². The maximum absolute atomic E-state index is 12.8. The molecular formula is C21H30IN7O2. The standard InChI is InChI=1S/C21H29N7O2.HI/c1-22-21(24-12-16-26-25-15-5-3-2-4-9-27(15)16)23-8-10-28-19(29)17-13-6-7-14(11-13)18(17)20(28)30;/h6-7,13-14,17-18H,2-5,8-12H2,1H3,(H2,22,23,24);1H. The first-order valence-electron chi connectivity index (χ1n) is 11.1. The minimum atomic E-state index is -0.131. The van der Waals surface area contributed by atoms with Gasteiger partial charge in [-0.1, -0.05) is 18.6 Å². The van der Waals surface area contributed by atoms with E-state index in [1.807, 2.05) is 0 Å². The highest BCUT2D eigenvalue weighted by molar-refractivity contribution is 14.0. The highest BCUT2D eigenvalue weighted by Crippen LogP contribution is 2.52. The average molecular weight is 539 g/mol. The molecule has 2 bridgehead atoms. The molecule has 2 aliphatic heterocycles. The van der Waals surface area contributed by atoms with Gasteiger partial charge in [0.2, 0.25) is 11.8 Å². The van der Waals surface area contributed by atoms with E-state index in [1.54, 1.807) is 7.05 Å². The van der Waals surface area contributed by atoms with E-state index in [1.165, 1.54) is 17.7 Å². The Kier molecular flexibility index (Phi) is 6.63. The predicted molar refractivity (Wildman–Crippen MR) is 126 cm³/mol. The number of hydrogen-bond acceptors (Lipinski definition) is 5. The number of aliphatic imine (C=N–C) groups is 1. The number of guanidine groups is 1. The Bertz CT molecular complexity index is 882. The van der Waals surface area contributed by atoms with Gasteiger partial charge in [-0.05, 0) is 31.1 Å². The smallest absolute Gasteiger partial charge is 0.233 e. The van der Waals surface area contributed by atoms with Crippen LogP contribution in [0.15, 0.2) is 17.1 Å². The van der Waals surface area contributed by atoms with Crippen LogP contribution in [0.3, 0.4) is 0 Å². The lowest BCUT2D eigenvalue weighted by Crippen LogP contribution is -2.43. The normalized spacial score (nSPS) is 28.9. The minimum absolute atomic E-state index is 0. The van der Waals surface area contributed by atoms with Crippen LogP contribution in [-0.2, 0) is 29.1 Å². The molecule has 1 saturated carbocycles. The average Bonchev–Trinajstić information content (AvgIpc) is 3.48. The number of nitrogens with zero attached hydrogens (tertiary/aromatic N) is 5. The molecule has 4 aliphatic rings. The number of allylic oxidation sites excluding steroid dienone is 2. The van der Waals surface area contributed by atoms with Crippen LogP contribution in [0.1, 0.15) is 37.3 Å². The van der Waals surface area contributed by atoms with Gasteiger partial charge < -0.3 is 15.2 Å². The van der Waals surface area contributed by atoms with Gasteiger partial charge in [0.1, 0.15) is 5.82 Å². The SMILES string of the molecule is CN=C(NCCN1C(=O)C2C3C=CC(C3)C2C1=O)NCc1nnc2n1CCCCC2.I. The molecule has 31 heavy (non-hydrogen) atoms. The van der Waals surface area contributed by atoms with Crippen molar-refractivity contribution in [3.05, 3.63) is 23.8 Å². The molecule has 1 aromatic rings. The van der Waals surface area contributed by atoms with Crippen molar-refractivity contribution >= 4 is 41.8 Å². The fourth-order valence-corrected chi connectivity index (χ4v) is 5.53. The summed E-state index contributed by atoms with van der Waals surface area (Å²) in [5, 5.41) is 15.1. The number of rotatable bonds is 5. The zero-order valence-electron chi connectivity index (χ0n) is 17.8. The maximum atomic E-state index is 12.8. The van der Waals surface area contributed by atoms with Crippen LogP contribution in [0.25, 0.3) is 0 Å². The van der Waals surface area contributed by atoms with Crippen molar-refractivity contribution in [2.24, 2.45) is 28.7 Å². The summed E-state index contributed by atoms with van der Waals surface area (Å²) in [5.41, 5.74) is 0. The molecule has 1 saturated heterocycles. The molecule has 0 spiro atoms. The Hall–Kier alpha value is -1.98. The summed E-state index contributed by atoms with van der Waals surface area (Å²) in [4.78, 5) is 31.2. The Morgan fingerprint density at radius 3 is 2.55 bits per heavy atom. The van der Waals surface area contributed by atoms with Crippen LogP contribution < -0.4 is 10.6 Å². The summed E-state index contributed by atoms with van der Waals surface area (Å²) in [7, 11) is 1.71. The number of nitrogens with one attached hydrogen (secondary N) is 2. The van der Waals surface area contributed by atoms with Gasteiger partial charge in [0, 0.05) is 33.1 Å². The van der Waals surface area contributed by atoms with E-state index in [0.29, 0.717) is 25.6 Å². The molecule has 5 rings (SSSR count). The Morgan fingerprint density at radius 2 is 1.84 bits per heavy atom. The van der Waals surface area contributed by atoms with Crippen LogP contribution in [0.4, 0.5) is 0 Å². The van der Waals surface area contributed by atoms with Crippen molar-refractivity contribution in [1.82, 2.24) is 30.3 Å². The van der Waals surface area contributed by atoms with Crippen molar-refractivity contribution < 1.29 is 9.59 Å². The fraction of sp³-hybridized carbons (Fsp3) is 0.667. The van der Waals surface area contributed by atoms with Gasteiger partial charge in [0.15, 0.2) is 11.8 Å². The molecule has 4 unspecified atom stereocenters. The third-order valence-electron chi connectivity index (χ3n) is 7.01. The van der Waals surface area contributed by atoms with Crippen molar-refractivity contribution in [1.29, 1.82) is 0 Å². The van der Waals surface area contributed by atoms with Gasteiger partial charge >= 0.3 is 0 Å². The largest absolute Gasteiger partial charge is 0.355 e. The quantitative estimate of drug-likeness (QED) is 0.191. The van der Waals surface area contributed by atoms with Crippen LogP contribution in [0.5, 0.6) is 0 Å². The summed E-state index contributed by atoms with van der Waals surface area (Å²) in [5.74, 6) is 2.84. The number of aromatic nitrogens is 3. The zero-order valence-corrected chi connectivity index (χ0v) is 20.1. The van der Waals surface area contributed by atoms with Gasteiger partial charge in [0.05, 0.1) is 18.4 Å². The minimum Gasteiger partial charge on any atom is -0.355 e. The highest BCUT2D eigenvalue weighted by Gasteiger charge is 2.58. The van der Waals surface area contributed by atoms with E-state index < -0.39 is 0 Å². The number of imide groups is 1. The molecule has 0 radical (unpaired) electrons. The number of hydrogen-bond donors (Lipinski definition) is 2. The first-order chi connectivity index (χ1) is 14.7. The molecule has 10 heteroatoms. The number of carbonyl (C=O) groups excluding carboxylic acids is 2. The Balaban J connectivity index is 0.00000231. The summed E-state index contributed by atoms with van der Waals surface area (Å²) < 4.78 is 2.20. The summed E-state index contributed by atoms with van der Waals surface area (Å²) in [6, 6.07) is 0. The van der Waals surface area contributed by atoms with Crippen molar-refractivity contribution in [3.63, 3.8) is 0 Å². The lowest BCUT2D eigenvalue weighted by molar-refractivity contribution is -0.140. The van der Waals surface area contributed by atoms with Gasteiger partial charge in [-0.2, -0.15) is 0 Å². The lowest BCUT2D eigenvalue weighted by atomic mass is 9.85. The van der Waals surface area contributed by atoms with Crippen molar-refractivity contribution in [2.75, 3.05) is 20.1 Å². The summed E-state index contributed by atoms with van der Waals surface area (Å²) in [6.07, 6.45) is 9.74. The van der Waals surface area contributed by atoms with Crippen LogP contribution >= 0.6 is 24.0 Å². The van der Waals surface area contributed by atoms with E-state index in [9.17, 15) is 9.59 Å². The van der Waals surface area contributed by atoms with Crippen molar-refractivity contribution in [2.45, 2.75) is 45.2 Å². The van der Waals surface area contributed by atoms with Crippen molar-refractivity contribution in [3.8, 4) is 0 Å². The second-order valence-corrected chi connectivity index (χ2v) is 8.68. The molecule has 9 nitrogen and oxygen atoms in total. The predicted octanol–water partition coefficient (Wildman–Crippen LogP) is 1.09. The van der Waals surface area contributed by atoms with E-state index in [4.69, 9.17) is 0 Å². The van der Waals surface area contributed by atoms with E-state index >= 15 is 0 Å². The molecule has 2 amide bonds. The van der Waals surface area contributed by atoms with Gasteiger partial charge in [-0.15, -0.1) is 34.2 Å². The molecule has 0 aromatic carbocycles. The molecule has 168 valence electrons. The fourth-order valence-electron chi connectivity index (χ4n) is 5.53. The number of likely N-dealkylation sites (tertiary alicyclic amines) is 1. The van der Waals surface area contributed by atoms with E-state index in [-0.39, 0.29) is 59.5 Å². The number of fused-ring (bicyclic) bond motifs is 6. The molecule has 1 aromatic heterocycles. The van der Waals surface area contributed by atoms with Crippen LogP contribution in [0.2, 0.25) is 0 Å². The molecule has 2 aliphatic carbocycles. The Morgan fingerprint density at radius 1 is 1.10 bits per heavy atom. The number of amides is 2. The topological polar surface area (TPSA) is 105 Å². The number of halogens is 1. The van der Waals surface area contributed by atoms with Gasteiger partial charge in [0.25, 0.3) is 0 Å². The second-order valence-electron chi connectivity index (χ2n) is 8.68. The second kappa shape index (κ2) is 9.25. The number of aryl methyl sites for hydroxylation is 1. The highest BCUT2D eigenvalue weighted by atomic mass is 127. The summed E-state index contributed by atoms with van der Waals surface area (Å²) in [6.45, 7) is 2.33. The lowest BCUT2D eigenvalue weighted by Gasteiger charge is -2.18. The Labute approximate surface area is 199 Å². The van der Waals surface area contributed by atoms with Crippen LogP contribution in [0, 0.1) is 23.7 Å². The molecule has 2 N–H and O–H groups in total. The molecule has 3 heterocycles. The third kappa shape index (κ3) is 3.98. The van der Waals surface area contributed by atoms with E-state index in [0.717, 1.165) is 37.5 Å². The first kappa shape index (κ1) is 22.2. The number of carbonyl (C=O) groups is 2. The molecular weight excluding hydrogens is 509 g/mol. The van der Waals surface area contributed by atoms with Gasteiger partial charge in [-0.25, -0.2) is 0 Å². The van der Waals surface area contributed by atoms with Crippen LogP contribution in [-0.4, -0.2) is 57.6 Å². The molecule has 2 fully saturated rings. The van der Waals surface area contributed by atoms with E-state index in [2.05, 4.69) is 42.5 Å². The first-order valence-corrected chi connectivity index (χ1v) is 11.1. The monoisotopic (exact) mass is 539 g/mol. The zero-order chi connectivity index (χ0) is 20.7.